The van der Waals surface area contributed by atoms with Gasteiger partial charge in [-0.25, -0.2) is 15.0 Å². The third-order valence-corrected chi connectivity index (χ3v) is 5.30. The van der Waals surface area contributed by atoms with E-state index in [1.54, 1.807) is 23.1 Å². The number of benzene rings is 1. The molecule has 1 N–H and O–H groups in total. The van der Waals surface area contributed by atoms with Crippen molar-refractivity contribution in [2.24, 2.45) is 0 Å². The highest BCUT2D eigenvalue weighted by molar-refractivity contribution is 6.03. The summed E-state index contributed by atoms with van der Waals surface area (Å²) in [6.07, 6.45) is 5.27. The third-order valence-electron chi connectivity index (χ3n) is 5.30. The lowest BCUT2D eigenvalue weighted by atomic mass is 9.92. The zero-order chi connectivity index (χ0) is 22.3. The van der Waals surface area contributed by atoms with Gasteiger partial charge in [-0.15, -0.1) is 0 Å². The number of nitrogens with zero attached hydrogens (tertiary/aromatic N) is 5. The zero-order valence-corrected chi connectivity index (χ0v) is 18.2. The molecule has 0 spiro atoms. The van der Waals surface area contributed by atoms with Crippen LogP contribution in [0.1, 0.15) is 61.5 Å². The molecule has 1 aliphatic carbocycles. The lowest BCUT2D eigenvalue weighted by Gasteiger charge is -2.13. The highest BCUT2D eigenvalue weighted by atomic mass is 16.4. The van der Waals surface area contributed by atoms with Crippen LogP contribution >= 0.6 is 0 Å². The standard InChI is InChI=1S/C24H24N6O2/c1-24(2,3)17-14-18(30(29-17)23-25-12-7-13-26-23)27-21(31)19-20(15-10-11-15)32-22(28-19)16-8-5-4-6-9-16/h4-9,12-15H,10-11H2,1-3H3,(H,27,31). The molecule has 1 fully saturated rings. The number of amides is 1. The first-order valence-corrected chi connectivity index (χ1v) is 10.7. The van der Waals surface area contributed by atoms with Crippen LogP contribution in [0.15, 0.2) is 59.3 Å². The molecule has 5 rings (SSSR count). The molecule has 1 aliphatic rings. The van der Waals surface area contributed by atoms with Crippen molar-refractivity contribution >= 4 is 11.7 Å². The normalized spacial score (nSPS) is 13.8. The van der Waals surface area contributed by atoms with Crippen LogP contribution in [0.4, 0.5) is 5.82 Å². The van der Waals surface area contributed by atoms with Crippen LogP contribution in [0, 0.1) is 0 Å². The quantitative estimate of drug-likeness (QED) is 0.493. The molecule has 32 heavy (non-hydrogen) atoms. The van der Waals surface area contributed by atoms with Gasteiger partial charge in [0.25, 0.3) is 11.9 Å². The van der Waals surface area contributed by atoms with Gasteiger partial charge in [-0.2, -0.15) is 9.78 Å². The Morgan fingerprint density at radius 3 is 2.47 bits per heavy atom. The predicted octanol–water partition coefficient (Wildman–Crippen LogP) is 4.74. The Balaban J connectivity index is 1.52. The van der Waals surface area contributed by atoms with Crippen molar-refractivity contribution < 1.29 is 9.21 Å². The molecule has 8 nitrogen and oxygen atoms in total. The number of carbonyl (C=O) groups is 1. The van der Waals surface area contributed by atoms with Gasteiger partial charge in [-0.1, -0.05) is 39.0 Å². The van der Waals surface area contributed by atoms with Crippen molar-refractivity contribution in [3.63, 3.8) is 0 Å². The Morgan fingerprint density at radius 1 is 1.09 bits per heavy atom. The summed E-state index contributed by atoms with van der Waals surface area (Å²) in [5.41, 5.74) is 1.75. The Morgan fingerprint density at radius 2 is 1.81 bits per heavy atom. The summed E-state index contributed by atoms with van der Waals surface area (Å²) >= 11 is 0. The average Bonchev–Trinajstić information content (AvgIpc) is 3.38. The minimum atomic E-state index is -0.338. The van der Waals surface area contributed by atoms with E-state index in [2.05, 4.69) is 46.1 Å². The molecular formula is C24H24N6O2. The Bertz CT molecular complexity index is 1250. The molecular weight excluding hydrogens is 404 g/mol. The van der Waals surface area contributed by atoms with E-state index in [0.717, 1.165) is 24.1 Å². The largest absolute Gasteiger partial charge is 0.440 e. The molecule has 1 amide bonds. The van der Waals surface area contributed by atoms with Crippen LogP contribution in [0.25, 0.3) is 17.4 Å². The Hall–Kier alpha value is -3.81. The number of oxazole rings is 1. The first-order chi connectivity index (χ1) is 15.4. The molecule has 0 radical (unpaired) electrons. The second kappa shape index (κ2) is 7.71. The Kier molecular flexibility index (Phi) is 4.84. The van der Waals surface area contributed by atoms with E-state index in [0.29, 0.717) is 29.1 Å². The summed E-state index contributed by atoms with van der Waals surface area (Å²) in [4.78, 5) is 26.5. The molecule has 0 atom stereocenters. The van der Waals surface area contributed by atoms with Crippen LogP contribution in [0.5, 0.6) is 0 Å². The molecule has 1 aromatic carbocycles. The van der Waals surface area contributed by atoms with Gasteiger partial charge in [-0.3, -0.25) is 4.79 Å². The summed E-state index contributed by atoms with van der Waals surface area (Å²) in [6.45, 7) is 6.18. The molecule has 162 valence electrons. The van der Waals surface area contributed by atoms with E-state index in [4.69, 9.17) is 4.42 Å². The molecule has 3 aromatic heterocycles. The Labute approximate surface area is 185 Å². The maximum Gasteiger partial charge on any atom is 0.279 e. The van der Waals surface area contributed by atoms with E-state index >= 15 is 0 Å². The fourth-order valence-electron chi connectivity index (χ4n) is 3.39. The minimum Gasteiger partial charge on any atom is -0.440 e. The van der Waals surface area contributed by atoms with Gasteiger partial charge in [0, 0.05) is 35.4 Å². The van der Waals surface area contributed by atoms with Gasteiger partial charge in [0.1, 0.15) is 11.6 Å². The van der Waals surface area contributed by atoms with Crippen molar-refractivity contribution in [1.82, 2.24) is 24.7 Å². The highest BCUT2D eigenvalue weighted by Gasteiger charge is 2.34. The fraction of sp³-hybridized carbons (Fsp3) is 0.292. The molecule has 0 aliphatic heterocycles. The summed E-state index contributed by atoms with van der Waals surface area (Å²) < 4.78 is 7.59. The lowest BCUT2D eigenvalue weighted by molar-refractivity contribution is 0.102. The summed E-state index contributed by atoms with van der Waals surface area (Å²) in [6, 6.07) is 13.2. The lowest BCUT2D eigenvalue weighted by Crippen LogP contribution is -2.17. The molecule has 0 unspecified atom stereocenters. The number of rotatable bonds is 5. The van der Waals surface area contributed by atoms with E-state index in [1.165, 1.54) is 0 Å². The van der Waals surface area contributed by atoms with Gasteiger partial charge in [-0.05, 0) is 31.0 Å². The summed E-state index contributed by atoms with van der Waals surface area (Å²) in [7, 11) is 0. The smallest absolute Gasteiger partial charge is 0.279 e. The minimum absolute atomic E-state index is 0.215. The van der Waals surface area contributed by atoms with Gasteiger partial charge < -0.3 is 9.73 Å². The molecule has 8 heteroatoms. The van der Waals surface area contributed by atoms with E-state index in [1.807, 2.05) is 36.4 Å². The van der Waals surface area contributed by atoms with Gasteiger partial charge in [0.05, 0.1) is 5.69 Å². The number of hydrogen-bond acceptors (Lipinski definition) is 6. The number of carbonyl (C=O) groups excluding carboxylic acids is 1. The molecule has 4 aromatic rings. The third kappa shape index (κ3) is 3.91. The van der Waals surface area contributed by atoms with Crippen molar-refractivity contribution in [3.05, 3.63) is 72.0 Å². The van der Waals surface area contributed by atoms with Crippen molar-refractivity contribution in [2.45, 2.75) is 44.9 Å². The summed E-state index contributed by atoms with van der Waals surface area (Å²) in [5.74, 6) is 1.85. The van der Waals surface area contributed by atoms with E-state index < -0.39 is 0 Å². The monoisotopic (exact) mass is 428 g/mol. The van der Waals surface area contributed by atoms with Crippen molar-refractivity contribution in [1.29, 1.82) is 0 Å². The fourth-order valence-corrected chi connectivity index (χ4v) is 3.39. The number of aromatic nitrogens is 5. The molecule has 1 saturated carbocycles. The van der Waals surface area contributed by atoms with Gasteiger partial charge in [0.2, 0.25) is 5.89 Å². The van der Waals surface area contributed by atoms with Crippen molar-refractivity contribution in [3.8, 4) is 17.4 Å². The predicted molar refractivity (Wildman–Crippen MR) is 120 cm³/mol. The highest BCUT2D eigenvalue weighted by Crippen LogP contribution is 2.43. The van der Waals surface area contributed by atoms with Gasteiger partial charge >= 0.3 is 0 Å². The van der Waals surface area contributed by atoms with E-state index in [-0.39, 0.29) is 17.2 Å². The first-order valence-electron chi connectivity index (χ1n) is 10.7. The topological polar surface area (TPSA) is 98.7 Å². The average molecular weight is 428 g/mol. The zero-order valence-electron chi connectivity index (χ0n) is 18.2. The summed E-state index contributed by atoms with van der Waals surface area (Å²) in [5, 5.41) is 7.62. The van der Waals surface area contributed by atoms with Crippen LogP contribution in [0.3, 0.4) is 0 Å². The molecule has 3 heterocycles. The van der Waals surface area contributed by atoms with Crippen molar-refractivity contribution in [2.75, 3.05) is 5.32 Å². The van der Waals surface area contributed by atoms with Crippen LogP contribution in [-0.2, 0) is 5.41 Å². The van der Waals surface area contributed by atoms with Crippen LogP contribution in [-0.4, -0.2) is 30.6 Å². The first kappa shape index (κ1) is 20.1. The number of nitrogens with one attached hydrogen (secondary N) is 1. The second-order valence-corrected chi connectivity index (χ2v) is 8.95. The van der Waals surface area contributed by atoms with E-state index in [9.17, 15) is 4.79 Å². The second-order valence-electron chi connectivity index (χ2n) is 8.95. The maximum absolute atomic E-state index is 13.3. The molecule has 0 bridgehead atoms. The maximum atomic E-state index is 13.3. The van der Waals surface area contributed by atoms with Crippen LogP contribution in [0.2, 0.25) is 0 Å². The number of hydrogen-bond donors (Lipinski definition) is 1. The molecule has 0 saturated heterocycles. The van der Waals surface area contributed by atoms with Gasteiger partial charge in [0.15, 0.2) is 5.69 Å². The number of anilines is 1. The van der Waals surface area contributed by atoms with Crippen LogP contribution < -0.4 is 5.32 Å². The SMILES string of the molecule is CC(C)(C)c1cc(NC(=O)c2nc(-c3ccccc3)oc2C2CC2)n(-c2ncccn2)n1.